The SMILES string of the molecule is c1cc(CCN2CCNCC2)cc(OC2CCOC2)c1. The average Bonchev–Trinajstić information content (AvgIpc) is 3.00. The molecule has 110 valence electrons. The number of ether oxygens (including phenoxy) is 2. The van der Waals surface area contributed by atoms with Crippen molar-refractivity contribution in [1.82, 2.24) is 10.2 Å². The standard InChI is InChI=1S/C16H24N2O2/c1-2-14(4-8-18-9-6-17-7-10-18)12-15(3-1)20-16-5-11-19-13-16/h1-3,12,16-17H,4-11,13H2. The Bertz CT molecular complexity index is 413. The number of rotatable bonds is 5. The van der Waals surface area contributed by atoms with Crippen LogP contribution in [0.25, 0.3) is 0 Å². The minimum absolute atomic E-state index is 0.235. The highest BCUT2D eigenvalue weighted by atomic mass is 16.5. The minimum atomic E-state index is 0.235. The van der Waals surface area contributed by atoms with Gasteiger partial charge in [-0.05, 0) is 24.1 Å². The van der Waals surface area contributed by atoms with E-state index in [0.717, 1.165) is 64.5 Å². The fourth-order valence-corrected chi connectivity index (χ4v) is 2.79. The molecule has 1 aromatic rings. The van der Waals surface area contributed by atoms with E-state index in [4.69, 9.17) is 9.47 Å². The van der Waals surface area contributed by atoms with Gasteiger partial charge in [-0.2, -0.15) is 0 Å². The fraction of sp³-hybridized carbons (Fsp3) is 0.625. The molecule has 0 radical (unpaired) electrons. The van der Waals surface area contributed by atoms with Crippen molar-refractivity contribution in [2.75, 3.05) is 45.9 Å². The van der Waals surface area contributed by atoms with Crippen molar-refractivity contribution < 1.29 is 9.47 Å². The van der Waals surface area contributed by atoms with Crippen LogP contribution in [0, 0.1) is 0 Å². The molecule has 2 aliphatic heterocycles. The van der Waals surface area contributed by atoms with Gasteiger partial charge >= 0.3 is 0 Å². The third-order valence-electron chi connectivity index (χ3n) is 4.02. The van der Waals surface area contributed by atoms with Gasteiger partial charge in [0.15, 0.2) is 0 Å². The molecular weight excluding hydrogens is 252 g/mol. The second-order valence-electron chi connectivity index (χ2n) is 5.59. The van der Waals surface area contributed by atoms with E-state index in [1.807, 2.05) is 6.07 Å². The molecule has 1 unspecified atom stereocenters. The molecule has 2 aliphatic rings. The highest BCUT2D eigenvalue weighted by Gasteiger charge is 2.17. The summed E-state index contributed by atoms with van der Waals surface area (Å²) >= 11 is 0. The van der Waals surface area contributed by atoms with Gasteiger partial charge in [-0.3, -0.25) is 0 Å². The summed E-state index contributed by atoms with van der Waals surface area (Å²) in [6.45, 7) is 7.25. The first-order chi connectivity index (χ1) is 9.90. The lowest BCUT2D eigenvalue weighted by molar-refractivity contribution is 0.141. The largest absolute Gasteiger partial charge is 0.488 e. The van der Waals surface area contributed by atoms with Crippen LogP contribution in [-0.4, -0.2) is 56.9 Å². The summed E-state index contributed by atoms with van der Waals surface area (Å²) in [7, 11) is 0. The molecule has 0 aliphatic carbocycles. The molecule has 0 saturated carbocycles. The Morgan fingerprint density at radius 1 is 1.30 bits per heavy atom. The lowest BCUT2D eigenvalue weighted by atomic mass is 10.1. The van der Waals surface area contributed by atoms with Gasteiger partial charge in [0.25, 0.3) is 0 Å². The van der Waals surface area contributed by atoms with Crippen molar-refractivity contribution >= 4 is 0 Å². The molecule has 0 spiro atoms. The maximum Gasteiger partial charge on any atom is 0.124 e. The number of hydrogen-bond donors (Lipinski definition) is 1. The van der Waals surface area contributed by atoms with Gasteiger partial charge in [-0.1, -0.05) is 12.1 Å². The second-order valence-corrected chi connectivity index (χ2v) is 5.59. The van der Waals surface area contributed by atoms with Gasteiger partial charge in [0.05, 0.1) is 13.2 Å². The zero-order valence-corrected chi connectivity index (χ0v) is 12.0. The molecule has 3 rings (SSSR count). The van der Waals surface area contributed by atoms with E-state index in [9.17, 15) is 0 Å². The monoisotopic (exact) mass is 276 g/mol. The molecule has 2 saturated heterocycles. The van der Waals surface area contributed by atoms with E-state index in [2.05, 4.69) is 28.4 Å². The van der Waals surface area contributed by atoms with Crippen LogP contribution in [0.4, 0.5) is 0 Å². The molecule has 1 atom stereocenters. The smallest absolute Gasteiger partial charge is 0.124 e. The minimum Gasteiger partial charge on any atom is -0.488 e. The van der Waals surface area contributed by atoms with Gasteiger partial charge in [-0.15, -0.1) is 0 Å². The van der Waals surface area contributed by atoms with Crippen molar-refractivity contribution in [3.8, 4) is 5.75 Å². The van der Waals surface area contributed by atoms with E-state index in [1.165, 1.54) is 5.56 Å². The van der Waals surface area contributed by atoms with Crippen LogP contribution >= 0.6 is 0 Å². The number of nitrogens with zero attached hydrogens (tertiary/aromatic N) is 1. The molecule has 0 aromatic heterocycles. The van der Waals surface area contributed by atoms with E-state index in [-0.39, 0.29) is 6.10 Å². The maximum atomic E-state index is 5.96. The van der Waals surface area contributed by atoms with Crippen molar-refractivity contribution in [2.45, 2.75) is 18.9 Å². The van der Waals surface area contributed by atoms with Crippen LogP contribution in [0.15, 0.2) is 24.3 Å². The number of benzene rings is 1. The average molecular weight is 276 g/mol. The molecule has 0 amide bonds. The summed E-state index contributed by atoms with van der Waals surface area (Å²) < 4.78 is 11.3. The summed E-state index contributed by atoms with van der Waals surface area (Å²) in [6, 6.07) is 8.52. The van der Waals surface area contributed by atoms with Crippen LogP contribution in [0.3, 0.4) is 0 Å². The van der Waals surface area contributed by atoms with Gasteiger partial charge < -0.3 is 19.7 Å². The molecule has 4 nitrogen and oxygen atoms in total. The summed E-state index contributed by atoms with van der Waals surface area (Å²) in [5.74, 6) is 0.985. The van der Waals surface area contributed by atoms with Gasteiger partial charge in [-0.25, -0.2) is 0 Å². The number of nitrogens with one attached hydrogen (secondary N) is 1. The zero-order chi connectivity index (χ0) is 13.6. The molecule has 1 N–H and O–H groups in total. The van der Waals surface area contributed by atoms with Crippen LogP contribution in [0.5, 0.6) is 5.75 Å². The summed E-state index contributed by atoms with van der Waals surface area (Å²) in [4.78, 5) is 2.52. The number of hydrogen-bond acceptors (Lipinski definition) is 4. The lowest BCUT2D eigenvalue weighted by Crippen LogP contribution is -2.44. The fourth-order valence-electron chi connectivity index (χ4n) is 2.79. The topological polar surface area (TPSA) is 33.7 Å². The Hall–Kier alpha value is -1.10. The maximum absolute atomic E-state index is 5.96. The first-order valence-electron chi connectivity index (χ1n) is 7.66. The molecule has 1 aromatic carbocycles. The van der Waals surface area contributed by atoms with Crippen molar-refractivity contribution in [2.24, 2.45) is 0 Å². The molecule has 4 heteroatoms. The van der Waals surface area contributed by atoms with Gasteiger partial charge in [0.1, 0.15) is 11.9 Å². The molecule has 2 heterocycles. The van der Waals surface area contributed by atoms with E-state index >= 15 is 0 Å². The van der Waals surface area contributed by atoms with Gasteiger partial charge in [0.2, 0.25) is 0 Å². The first kappa shape index (κ1) is 13.9. The molecular formula is C16H24N2O2. The Kier molecular flexibility index (Phi) is 4.90. The Morgan fingerprint density at radius 2 is 2.20 bits per heavy atom. The van der Waals surface area contributed by atoms with E-state index in [0.29, 0.717) is 0 Å². The summed E-state index contributed by atoms with van der Waals surface area (Å²) in [5.41, 5.74) is 1.36. The van der Waals surface area contributed by atoms with Crippen molar-refractivity contribution in [3.63, 3.8) is 0 Å². The van der Waals surface area contributed by atoms with E-state index < -0.39 is 0 Å². The highest BCUT2D eigenvalue weighted by molar-refractivity contribution is 5.29. The lowest BCUT2D eigenvalue weighted by Gasteiger charge is -2.27. The zero-order valence-electron chi connectivity index (χ0n) is 12.0. The quantitative estimate of drug-likeness (QED) is 0.879. The van der Waals surface area contributed by atoms with Crippen molar-refractivity contribution in [3.05, 3.63) is 29.8 Å². The molecule has 0 bridgehead atoms. The number of piperazine rings is 1. The third-order valence-corrected chi connectivity index (χ3v) is 4.02. The Labute approximate surface area is 121 Å². The normalized spacial score (nSPS) is 23.9. The van der Waals surface area contributed by atoms with Crippen molar-refractivity contribution in [1.29, 1.82) is 0 Å². The predicted molar refractivity (Wildman–Crippen MR) is 79.3 cm³/mol. The first-order valence-corrected chi connectivity index (χ1v) is 7.66. The molecule has 2 fully saturated rings. The van der Waals surface area contributed by atoms with Crippen LogP contribution in [0.2, 0.25) is 0 Å². The summed E-state index contributed by atoms with van der Waals surface area (Å²) in [5, 5.41) is 3.39. The summed E-state index contributed by atoms with van der Waals surface area (Å²) in [6.07, 6.45) is 2.34. The highest BCUT2D eigenvalue weighted by Crippen LogP contribution is 2.18. The van der Waals surface area contributed by atoms with Crippen LogP contribution in [0.1, 0.15) is 12.0 Å². The van der Waals surface area contributed by atoms with Gasteiger partial charge in [0, 0.05) is 39.1 Å². The Balaban J connectivity index is 1.50. The van der Waals surface area contributed by atoms with E-state index in [1.54, 1.807) is 0 Å². The predicted octanol–water partition coefficient (Wildman–Crippen LogP) is 1.30. The molecule has 20 heavy (non-hydrogen) atoms. The second kappa shape index (κ2) is 7.07. The van der Waals surface area contributed by atoms with Crippen LogP contribution < -0.4 is 10.1 Å². The van der Waals surface area contributed by atoms with Crippen LogP contribution in [-0.2, 0) is 11.2 Å². The third kappa shape index (κ3) is 3.95. The Morgan fingerprint density at radius 3 is 3.00 bits per heavy atom.